The molecule has 0 heterocycles. The molecule has 0 aliphatic heterocycles. The summed E-state index contributed by atoms with van der Waals surface area (Å²) in [6.45, 7) is 2.02. The number of hydrogen-bond acceptors (Lipinski definition) is 2. The van der Waals surface area contributed by atoms with Gasteiger partial charge < -0.3 is 10.6 Å². The van der Waals surface area contributed by atoms with Crippen LogP contribution in [-0.2, 0) is 6.42 Å². The number of hydrogen-bond donors (Lipinski definition) is 1. The average Bonchev–Trinajstić information content (AvgIpc) is 2.16. The molecule has 0 fully saturated rings. The zero-order chi connectivity index (χ0) is 10.7. The number of carbonyl (C=O) groups excluding carboxylic acids is 1. The topological polar surface area (TPSA) is 46.3 Å². The Bertz CT molecular complexity index is 345. The summed E-state index contributed by atoms with van der Waals surface area (Å²) in [4.78, 5) is 13.2. The van der Waals surface area contributed by atoms with E-state index in [9.17, 15) is 4.79 Å². The highest BCUT2D eigenvalue weighted by molar-refractivity contribution is 5.95. The third kappa shape index (κ3) is 1.87. The summed E-state index contributed by atoms with van der Waals surface area (Å²) in [6, 6.07) is 5.62. The van der Waals surface area contributed by atoms with E-state index in [4.69, 9.17) is 5.73 Å². The van der Waals surface area contributed by atoms with Crippen LogP contribution in [0.5, 0.6) is 0 Å². The molecule has 1 aromatic rings. The van der Waals surface area contributed by atoms with Gasteiger partial charge in [-0.3, -0.25) is 4.79 Å². The largest absolute Gasteiger partial charge is 0.377 e. The molecule has 0 aromatic heterocycles. The number of nitrogens with two attached hydrogens (primary N) is 1. The fraction of sp³-hybridized carbons (Fsp3) is 0.364. The van der Waals surface area contributed by atoms with Gasteiger partial charge in [0.05, 0.1) is 0 Å². The number of anilines is 1. The molecule has 2 N–H and O–H groups in total. The molecule has 0 aliphatic carbocycles. The smallest absolute Gasteiger partial charge is 0.249 e. The number of benzene rings is 1. The number of nitrogens with zero attached hydrogens (tertiary/aromatic N) is 1. The summed E-state index contributed by atoms with van der Waals surface area (Å²) in [5.41, 5.74) is 8.00. The van der Waals surface area contributed by atoms with Gasteiger partial charge in [-0.25, -0.2) is 0 Å². The summed E-state index contributed by atoms with van der Waals surface area (Å²) < 4.78 is 0. The number of carbonyl (C=O) groups is 1. The van der Waals surface area contributed by atoms with Crippen LogP contribution in [-0.4, -0.2) is 20.0 Å². The van der Waals surface area contributed by atoms with Gasteiger partial charge >= 0.3 is 0 Å². The van der Waals surface area contributed by atoms with E-state index >= 15 is 0 Å². The van der Waals surface area contributed by atoms with Crippen molar-refractivity contribution in [1.82, 2.24) is 0 Å². The number of amides is 1. The molecule has 0 radical (unpaired) electrons. The fourth-order valence-corrected chi connectivity index (χ4v) is 1.60. The molecule has 1 aromatic carbocycles. The van der Waals surface area contributed by atoms with Gasteiger partial charge in [0.1, 0.15) is 0 Å². The van der Waals surface area contributed by atoms with Gasteiger partial charge in [-0.15, -0.1) is 0 Å². The van der Waals surface area contributed by atoms with Gasteiger partial charge in [0.25, 0.3) is 0 Å². The first-order valence-corrected chi connectivity index (χ1v) is 4.67. The van der Waals surface area contributed by atoms with Crippen molar-refractivity contribution in [1.29, 1.82) is 0 Å². The van der Waals surface area contributed by atoms with Gasteiger partial charge in [-0.05, 0) is 24.1 Å². The van der Waals surface area contributed by atoms with Crippen LogP contribution in [0.4, 0.5) is 5.69 Å². The van der Waals surface area contributed by atoms with Crippen LogP contribution in [0.1, 0.15) is 22.8 Å². The van der Waals surface area contributed by atoms with Crippen molar-refractivity contribution in [3.8, 4) is 0 Å². The molecular formula is C11H16N2O. The van der Waals surface area contributed by atoms with Crippen molar-refractivity contribution < 1.29 is 4.79 Å². The van der Waals surface area contributed by atoms with Gasteiger partial charge in [-0.2, -0.15) is 0 Å². The minimum absolute atomic E-state index is 0.356. The van der Waals surface area contributed by atoms with Gasteiger partial charge in [0, 0.05) is 25.3 Å². The lowest BCUT2D eigenvalue weighted by atomic mass is 10.0. The van der Waals surface area contributed by atoms with E-state index in [2.05, 4.69) is 0 Å². The van der Waals surface area contributed by atoms with E-state index in [1.165, 1.54) is 0 Å². The average molecular weight is 192 g/mol. The summed E-state index contributed by atoms with van der Waals surface area (Å²) in [5, 5.41) is 0. The third-order valence-corrected chi connectivity index (χ3v) is 2.25. The Balaban J connectivity index is 3.32. The lowest BCUT2D eigenvalue weighted by Gasteiger charge is -2.18. The molecule has 0 spiro atoms. The Morgan fingerprint density at radius 1 is 1.43 bits per heavy atom. The molecule has 76 valence electrons. The van der Waals surface area contributed by atoms with Gasteiger partial charge in [0.2, 0.25) is 5.91 Å². The van der Waals surface area contributed by atoms with E-state index < -0.39 is 0 Å². The normalized spacial score (nSPS) is 9.93. The molecule has 1 amide bonds. The van der Waals surface area contributed by atoms with Crippen LogP contribution in [0.2, 0.25) is 0 Å². The van der Waals surface area contributed by atoms with Crippen molar-refractivity contribution in [2.24, 2.45) is 5.73 Å². The highest BCUT2D eigenvalue weighted by atomic mass is 16.1. The minimum Gasteiger partial charge on any atom is -0.377 e. The maximum atomic E-state index is 11.2. The molecule has 0 saturated carbocycles. The Morgan fingerprint density at radius 2 is 2.07 bits per heavy atom. The van der Waals surface area contributed by atoms with Crippen LogP contribution in [0.3, 0.4) is 0 Å². The molecule has 3 nitrogen and oxygen atoms in total. The zero-order valence-corrected chi connectivity index (χ0v) is 8.87. The van der Waals surface area contributed by atoms with Crippen molar-refractivity contribution in [2.45, 2.75) is 13.3 Å². The van der Waals surface area contributed by atoms with E-state index in [0.29, 0.717) is 5.56 Å². The molecule has 14 heavy (non-hydrogen) atoms. The van der Waals surface area contributed by atoms with Crippen LogP contribution >= 0.6 is 0 Å². The SMILES string of the molecule is CCc1c(C(N)=O)cccc1N(C)C. The van der Waals surface area contributed by atoms with Crippen LogP contribution in [0, 0.1) is 0 Å². The van der Waals surface area contributed by atoms with Gasteiger partial charge in [0.15, 0.2) is 0 Å². The monoisotopic (exact) mass is 192 g/mol. The first-order chi connectivity index (χ1) is 6.57. The fourth-order valence-electron chi connectivity index (χ4n) is 1.60. The molecule has 0 saturated heterocycles. The molecule has 1 rings (SSSR count). The summed E-state index contributed by atoms with van der Waals surface area (Å²) in [6.07, 6.45) is 0.812. The highest BCUT2D eigenvalue weighted by Gasteiger charge is 2.11. The predicted octanol–water partition coefficient (Wildman–Crippen LogP) is 1.41. The zero-order valence-electron chi connectivity index (χ0n) is 8.87. The molecule has 0 bridgehead atoms. The Hall–Kier alpha value is -1.51. The van der Waals surface area contributed by atoms with Crippen LogP contribution in [0.25, 0.3) is 0 Å². The number of rotatable bonds is 3. The molecule has 0 unspecified atom stereocenters. The number of primary amides is 1. The van der Waals surface area contributed by atoms with Crippen molar-refractivity contribution in [3.05, 3.63) is 29.3 Å². The van der Waals surface area contributed by atoms with E-state index in [-0.39, 0.29) is 5.91 Å². The lowest BCUT2D eigenvalue weighted by Crippen LogP contribution is -2.17. The van der Waals surface area contributed by atoms with Crippen molar-refractivity contribution in [3.63, 3.8) is 0 Å². The lowest BCUT2D eigenvalue weighted by molar-refractivity contribution is 0.0999. The molecular weight excluding hydrogens is 176 g/mol. The maximum Gasteiger partial charge on any atom is 0.249 e. The van der Waals surface area contributed by atoms with E-state index in [0.717, 1.165) is 17.7 Å². The van der Waals surface area contributed by atoms with Crippen molar-refractivity contribution in [2.75, 3.05) is 19.0 Å². The Morgan fingerprint density at radius 3 is 2.50 bits per heavy atom. The minimum atomic E-state index is -0.356. The van der Waals surface area contributed by atoms with Gasteiger partial charge in [-0.1, -0.05) is 13.0 Å². The standard InChI is InChI=1S/C11H16N2O/c1-4-8-9(11(12)14)6-5-7-10(8)13(2)3/h5-7H,4H2,1-3H3,(H2,12,14). The summed E-state index contributed by atoms with van der Waals surface area (Å²) >= 11 is 0. The predicted molar refractivity (Wildman–Crippen MR) is 58.7 cm³/mol. The molecule has 0 atom stereocenters. The molecule has 3 heteroatoms. The van der Waals surface area contributed by atoms with Crippen LogP contribution < -0.4 is 10.6 Å². The summed E-state index contributed by atoms with van der Waals surface area (Å²) in [5.74, 6) is -0.356. The second kappa shape index (κ2) is 4.13. The Kier molecular flexibility index (Phi) is 3.12. The van der Waals surface area contributed by atoms with E-state index in [1.807, 2.05) is 38.1 Å². The highest BCUT2D eigenvalue weighted by Crippen LogP contribution is 2.22. The maximum absolute atomic E-state index is 11.2. The Labute approximate surface area is 84.5 Å². The first kappa shape index (κ1) is 10.6. The van der Waals surface area contributed by atoms with Crippen molar-refractivity contribution >= 4 is 11.6 Å². The first-order valence-electron chi connectivity index (χ1n) is 4.67. The molecule has 0 aliphatic rings. The summed E-state index contributed by atoms with van der Waals surface area (Å²) in [7, 11) is 3.92. The quantitative estimate of drug-likeness (QED) is 0.787. The van der Waals surface area contributed by atoms with E-state index in [1.54, 1.807) is 6.07 Å². The van der Waals surface area contributed by atoms with Crippen LogP contribution in [0.15, 0.2) is 18.2 Å². The second-order valence-electron chi connectivity index (χ2n) is 3.42. The third-order valence-electron chi connectivity index (χ3n) is 2.25. The second-order valence-corrected chi connectivity index (χ2v) is 3.42.